The molecule has 4 aromatic rings. The van der Waals surface area contributed by atoms with Gasteiger partial charge in [0.1, 0.15) is 48.3 Å². The number of unbranched alkanes of at least 4 members (excludes halogenated alkanes) is 4. The van der Waals surface area contributed by atoms with Crippen molar-refractivity contribution in [3.8, 4) is 0 Å². The Kier molecular flexibility index (Phi) is 25.0. The van der Waals surface area contributed by atoms with Crippen molar-refractivity contribution in [3.05, 3.63) is 107 Å². The quantitative estimate of drug-likeness (QED) is 0.0423. The zero-order chi connectivity index (χ0) is 61.7. The van der Waals surface area contributed by atoms with Crippen molar-refractivity contribution in [2.24, 2.45) is 34.8 Å². The van der Waals surface area contributed by atoms with Crippen LogP contribution in [0.3, 0.4) is 0 Å². The molecule has 1 fully saturated rings. The highest BCUT2D eigenvalue weighted by Crippen LogP contribution is 2.32. The summed E-state index contributed by atoms with van der Waals surface area (Å²) in [6.45, 7) is 1.10. The molecule has 0 saturated carbocycles. The predicted molar refractivity (Wildman–Crippen MR) is 324 cm³/mol. The van der Waals surface area contributed by atoms with Crippen LogP contribution in [0.1, 0.15) is 105 Å². The summed E-state index contributed by atoms with van der Waals surface area (Å²) in [5.41, 5.74) is 29.5. The summed E-state index contributed by atoms with van der Waals surface area (Å²) >= 11 is 0. The van der Waals surface area contributed by atoms with Crippen molar-refractivity contribution in [3.63, 3.8) is 0 Å². The summed E-state index contributed by atoms with van der Waals surface area (Å²) in [7, 11) is 0. The number of fused-ring (bicyclic) bond motifs is 3. The number of aromatic amines is 1. The zero-order valence-electron chi connectivity index (χ0n) is 49.1. The molecule has 0 radical (unpaired) electrons. The van der Waals surface area contributed by atoms with Crippen LogP contribution in [0.15, 0.2) is 79.0 Å². The Bertz CT molecular complexity index is 2940. The molecule has 3 aliphatic rings. The monoisotopic (exact) mass is 1190 g/mol. The molecule has 9 atom stereocenters. The lowest BCUT2D eigenvalue weighted by Gasteiger charge is -2.31. The number of carbonyl (C=O) groups is 9. The summed E-state index contributed by atoms with van der Waals surface area (Å²) in [6, 6.07) is 11.7. The van der Waals surface area contributed by atoms with Gasteiger partial charge < -0.3 is 80.9 Å². The number of aromatic nitrogens is 1. The Labute approximate surface area is 501 Å². The van der Waals surface area contributed by atoms with Gasteiger partial charge in [-0.3, -0.25) is 43.2 Å². The van der Waals surface area contributed by atoms with Crippen molar-refractivity contribution in [2.45, 2.75) is 164 Å². The lowest BCUT2D eigenvalue weighted by Crippen LogP contribution is -2.63. The van der Waals surface area contributed by atoms with Gasteiger partial charge in [0, 0.05) is 36.6 Å². The molecule has 19 N–H and O–H groups in total. The van der Waals surface area contributed by atoms with Crippen molar-refractivity contribution in [2.75, 3.05) is 32.7 Å². The average molecular weight is 1190 g/mol. The van der Waals surface area contributed by atoms with E-state index in [1.165, 1.54) is 0 Å². The van der Waals surface area contributed by atoms with E-state index < -0.39 is 126 Å². The summed E-state index contributed by atoms with van der Waals surface area (Å²) in [5, 5.41) is 36.4. The van der Waals surface area contributed by atoms with Gasteiger partial charge in [0.25, 0.3) is 0 Å². The predicted octanol–water partition coefficient (Wildman–Crippen LogP) is -0.945. The number of amides is 9. The number of benzene rings is 3. The van der Waals surface area contributed by atoms with Crippen LogP contribution in [-0.2, 0) is 75.3 Å². The van der Waals surface area contributed by atoms with Crippen LogP contribution in [0, 0.1) is 11.8 Å². The molecule has 1 saturated heterocycles. The number of nitrogens with one attached hydrogen (secondary N) is 10. The second-order valence-corrected chi connectivity index (χ2v) is 22.9. The lowest BCUT2D eigenvalue weighted by atomic mass is 9.92. The molecule has 0 spiro atoms. The first-order valence-corrected chi connectivity index (χ1v) is 30.4. The fraction of sp³-hybridized carbons (Fsp3) is 0.532. The van der Waals surface area contributed by atoms with Gasteiger partial charge in [0.05, 0.1) is 12.5 Å². The third kappa shape index (κ3) is 18.1. The average Bonchev–Trinajstić information content (AvgIpc) is 3.65. The second-order valence-electron chi connectivity index (χ2n) is 22.9. The maximum atomic E-state index is 15.2. The Balaban J connectivity index is 1.23. The van der Waals surface area contributed by atoms with Crippen LogP contribution in [-0.4, -0.2) is 150 Å². The Morgan fingerprint density at radius 1 is 0.581 bits per heavy atom. The van der Waals surface area contributed by atoms with Crippen LogP contribution >= 0.6 is 0 Å². The minimum Gasteiger partial charge on any atom is -0.393 e. The van der Waals surface area contributed by atoms with E-state index >= 15 is 4.79 Å². The van der Waals surface area contributed by atoms with Gasteiger partial charge in [-0.25, -0.2) is 0 Å². The molecule has 1 aromatic heterocycles. The number of rotatable bonds is 22. The van der Waals surface area contributed by atoms with Crippen molar-refractivity contribution in [1.29, 1.82) is 0 Å². The van der Waals surface area contributed by atoms with Crippen LogP contribution in [0.25, 0.3) is 10.9 Å². The Hall–Kier alpha value is -7.77. The number of hydrogen-bond acceptors (Lipinski definition) is 14. The minimum absolute atomic E-state index is 0.0647. The minimum atomic E-state index is -1.53. The highest BCUT2D eigenvalue weighted by Gasteiger charge is 2.42. The molecular weight excluding hydrogens is 1100 g/mol. The number of aliphatic hydroxyl groups is 1. The number of aliphatic hydroxyl groups excluding tert-OH is 1. The van der Waals surface area contributed by atoms with Crippen LogP contribution in [0.2, 0.25) is 0 Å². The first kappa shape index (κ1) is 65.8. The van der Waals surface area contributed by atoms with E-state index in [1.54, 1.807) is 6.20 Å². The van der Waals surface area contributed by atoms with Crippen LogP contribution in [0.4, 0.5) is 0 Å². The SMILES string of the molecule is CCCCCCC[C@@H](O)CC(=O)N[C@H](CN)C(=O)N[C@H]1CCNC(=O)[C@H](Cc2c[nH]c3ccccc23)NC(=O)[C@H](CCN)NC(=O)[C@H](CCN)NC(=O)[C@H](C2Cc3ccccc3C2)NC(=O)[C@@H](C2Cc3ccccc3C2)NC(=O)[C@H](CCN)NC1=O. The van der Waals surface area contributed by atoms with E-state index in [1.807, 2.05) is 72.8 Å². The number of para-hydroxylation sites is 1. The molecule has 24 nitrogen and oxygen atoms in total. The van der Waals surface area contributed by atoms with Crippen molar-refractivity contribution >= 4 is 64.1 Å². The largest absolute Gasteiger partial charge is 0.393 e. The maximum Gasteiger partial charge on any atom is 0.244 e. The van der Waals surface area contributed by atoms with Gasteiger partial charge in [-0.15, -0.1) is 0 Å². The molecule has 3 aromatic carbocycles. The molecule has 86 heavy (non-hydrogen) atoms. The highest BCUT2D eigenvalue weighted by atomic mass is 16.3. The number of carbonyl (C=O) groups excluding carboxylic acids is 9. The topological polar surface area (TPSA) is 402 Å². The van der Waals surface area contributed by atoms with Gasteiger partial charge in [-0.2, -0.15) is 0 Å². The van der Waals surface area contributed by atoms with E-state index in [4.69, 9.17) is 22.9 Å². The smallest absolute Gasteiger partial charge is 0.244 e. The van der Waals surface area contributed by atoms with Crippen LogP contribution in [0.5, 0.6) is 0 Å². The fourth-order valence-electron chi connectivity index (χ4n) is 11.9. The molecule has 0 bridgehead atoms. The Morgan fingerprint density at radius 2 is 1.06 bits per heavy atom. The molecule has 7 rings (SSSR count). The molecule has 1 aliphatic heterocycles. The molecule has 466 valence electrons. The van der Waals surface area contributed by atoms with Gasteiger partial charge in [-0.05, 0) is 123 Å². The number of hydrogen-bond donors (Lipinski definition) is 15. The Morgan fingerprint density at radius 3 is 1.60 bits per heavy atom. The summed E-state index contributed by atoms with van der Waals surface area (Å²) in [4.78, 5) is 134. The molecule has 2 heterocycles. The fourth-order valence-corrected chi connectivity index (χ4v) is 11.9. The van der Waals surface area contributed by atoms with Gasteiger partial charge in [0.15, 0.2) is 0 Å². The lowest BCUT2D eigenvalue weighted by molar-refractivity contribution is -0.137. The third-order valence-corrected chi connectivity index (χ3v) is 16.6. The summed E-state index contributed by atoms with van der Waals surface area (Å²) in [5.74, 6) is -8.01. The molecule has 24 heteroatoms. The summed E-state index contributed by atoms with van der Waals surface area (Å²) in [6.07, 6.45) is 6.31. The number of nitrogens with two attached hydrogens (primary N) is 4. The number of H-pyrrole nitrogens is 1. The molecule has 0 unspecified atom stereocenters. The normalized spacial score (nSPS) is 23.1. The standard InChI is InChI=1S/C62H88N14O10/c1-2-3-4-5-6-17-43(77)33-52(78)69-51(34-66)60(84)72-49-23-27-67-55(79)50(32-42-35-68-45-19-12-11-18-44(42)45)74-57(81)46(20-24-63)70-56(80)47(21-25-64)73-61(85)53(40-28-36-13-7-8-14-37(36)29-40)76-62(86)54(41-30-38-15-9-10-16-39(38)31-41)75-59(83)48(22-26-65)71-58(49)82/h7-16,18-19,35,40-41,43,46-51,53-54,68,77H,2-6,17,20-34,63-66H2,1H3,(H,67,79)(H,69,78)(H,70,80)(H,71,82)(H,72,84)(H,73,85)(H,74,81)(H,75,83)(H,76,86)/t43-,46+,47+,48+,49+,50+,51-,53+,54-/m1/s1. The molecule has 2 aliphatic carbocycles. The van der Waals surface area contributed by atoms with Gasteiger partial charge in [-0.1, -0.05) is 106 Å². The zero-order valence-corrected chi connectivity index (χ0v) is 49.1. The van der Waals surface area contributed by atoms with Gasteiger partial charge >= 0.3 is 0 Å². The third-order valence-electron chi connectivity index (χ3n) is 16.6. The van der Waals surface area contributed by atoms with E-state index in [-0.39, 0.29) is 64.7 Å². The first-order chi connectivity index (χ1) is 41.5. The van der Waals surface area contributed by atoms with Gasteiger partial charge in [0.2, 0.25) is 53.2 Å². The van der Waals surface area contributed by atoms with E-state index in [0.29, 0.717) is 44.1 Å². The second kappa shape index (κ2) is 32.7. The molecule has 9 amide bonds. The van der Waals surface area contributed by atoms with Crippen molar-refractivity contribution < 1.29 is 48.3 Å². The summed E-state index contributed by atoms with van der Waals surface area (Å²) < 4.78 is 0. The highest BCUT2D eigenvalue weighted by molar-refractivity contribution is 5.99. The maximum absolute atomic E-state index is 15.2. The van der Waals surface area contributed by atoms with E-state index in [2.05, 4.69) is 59.8 Å². The van der Waals surface area contributed by atoms with E-state index in [0.717, 1.165) is 58.8 Å². The van der Waals surface area contributed by atoms with E-state index in [9.17, 15) is 43.5 Å². The molecular formula is C62H88N14O10. The van der Waals surface area contributed by atoms with Crippen molar-refractivity contribution in [1.82, 2.24) is 52.8 Å². The van der Waals surface area contributed by atoms with Crippen LogP contribution < -0.4 is 70.8 Å². The first-order valence-electron chi connectivity index (χ1n) is 30.4.